The molecule has 0 atom stereocenters. The first-order chi connectivity index (χ1) is 15.8. The van der Waals surface area contributed by atoms with Gasteiger partial charge in [0.1, 0.15) is 11.9 Å². The Morgan fingerprint density at radius 3 is 2.34 bits per heavy atom. The van der Waals surface area contributed by atoms with E-state index in [1.165, 1.54) is 4.80 Å². The molecule has 2 aliphatic heterocycles. The van der Waals surface area contributed by atoms with Crippen molar-refractivity contribution in [3.05, 3.63) is 66.7 Å². The van der Waals surface area contributed by atoms with Crippen LogP contribution in [0.2, 0.25) is 0 Å². The smallest absolute Gasteiger partial charge is 0.276 e. The summed E-state index contributed by atoms with van der Waals surface area (Å²) in [6, 6.07) is 14.0. The van der Waals surface area contributed by atoms with E-state index in [9.17, 15) is 4.79 Å². The zero-order valence-electron chi connectivity index (χ0n) is 18.1. The van der Waals surface area contributed by atoms with Crippen molar-refractivity contribution in [3.8, 4) is 11.4 Å². The number of hydrogen-bond acceptors (Lipinski definition) is 6. The Kier molecular flexibility index (Phi) is 6.11. The second-order valence-electron chi connectivity index (χ2n) is 8.41. The number of piperidine rings is 2. The maximum absolute atomic E-state index is 12.9. The van der Waals surface area contributed by atoms with Crippen LogP contribution in [0.3, 0.4) is 0 Å². The van der Waals surface area contributed by atoms with E-state index in [1.807, 2.05) is 47.4 Å². The lowest BCUT2D eigenvalue weighted by atomic mass is 9.98. The van der Waals surface area contributed by atoms with Gasteiger partial charge in [-0.1, -0.05) is 18.2 Å². The minimum atomic E-state index is -0.0323. The number of para-hydroxylation sites is 1. The van der Waals surface area contributed by atoms with Crippen molar-refractivity contribution in [2.75, 3.05) is 26.2 Å². The van der Waals surface area contributed by atoms with Crippen LogP contribution >= 0.6 is 0 Å². The van der Waals surface area contributed by atoms with E-state index in [2.05, 4.69) is 20.1 Å². The number of hydrogen-bond donors (Lipinski definition) is 0. The molecule has 32 heavy (non-hydrogen) atoms. The van der Waals surface area contributed by atoms with Gasteiger partial charge in [0.05, 0.1) is 11.9 Å². The average molecular weight is 433 g/mol. The Labute approximate surface area is 187 Å². The molecule has 166 valence electrons. The number of rotatable bonds is 5. The maximum atomic E-state index is 12.9. The normalized spacial score (nSPS) is 18.6. The van der Waals surface area contributed by atoms with Crippen molar-refractivity contribution >= 4 is 5.91 Å². The molecule has 4 heterocycles. The molecule has 0 aliphatic carbocycles. The molecule has 5 rings (SSSR count). The molecule has 1 amide bonds. The molecule has 2 aliphatic rings. The zero-order chi connectivity index (χ0) is 21.8. The van der Waals surface area contributed by atoms with Gasteiger partial charge < -0.3 is 9.64 Å². The summed E-state index contributed by atoms with van der Waals surface area (Å²) in [5.41, 5.74) is 1.25. The number of amides is 1. The van der Waals surface area contributed by atoms with Gasteiger partial charge in [-0.15, -0.1) is 5.10 Å². The summed E-state index contributed by atoms with van der Waals surface area (Å²) >= 11 is 0. The van der Waals surface area contributed by atoms with Gasteiger partial charge in [-0.3, -0.25) is 14.7 Å². The van der Waals surface area contributed by atoms with E-state index >= 15 is 0 Å². The molecule has 2 fully saturated rings. The van der Waals surface area contributed by atoms with Crippen LogP contribution in [0.4, 0.5) is 0 Å². The van der Waals surface area contributed by atoms with Crippen LogP contribution in [0.1, 0.15) is 36.2 Å². The molecule has 8 heteroatoms. The maximum Gasteiger partial charge on any atom is 0.276 e. The fourth-order valence-electron chi connectivity index (χ4n) is 4.61. The number of carbonyl (C=O) groups is 1. The van der Waals surface area contributed by atoms with Gasteiger partial charge in [-0.05, 0) is 49.9 Å². The van der Waals surface area contributed by atoms with E-state index in [-0.39, 0.29) is 12.0 Å². The minimum Gasteiger partial charge on any atom is -0.490 e. The lowest BCUT2D eigenvalue weighted by Gasteiger charge is -2.41. The molecule has 3 aromatic rings. The molecule has 0 radical (unpaired) electrons. The molecule has 0 bridgehead atoms. The van der Waals surface area contributed by atoms with Crippen LogP contribution in [0.25, 0.3) is 5.69 Å². The average Bonchev–Trinajstić information content (AvgIpc) is 3.36. The third-order valence-electron chi connectivity index (χ3n) is 6.40. The third-order valence-corrected chi connectivity index (χ3v) is 6.40. The Morgan fingerprint density at radius 1 is 0.906 bits per heavy atom. The van der Waals surface area contributed by atoms with Crippen molar-refractivity contribution in [3.63, 3.8) is 0 Å². The summed E-state index contributed by atoms with van der Waals surface area (Å²) in [4.78, 5) is 23.0. The van der Waals surface area contributed by atoms with Gasteiger partial charge in [-0.25, -0.2) is 0 Å². The summed E-state index contributed by atoms with van der Waals surface area (Å²) < 4.78 is 6.09. The third kappa shape index (κ3) is 4.65. The molecule has 0 N–H and O–H groups in total. The van der Waals surface area contributed by atoms with Crippen molar-refractivity contribution in [2.24, 2.45) is 0 Å². The molecular weight excluding hydrogens is 404 g/mol. The molecule has 1 aromatic carbocycles. The number of pyridine rings is 1. The highest BCUT2D eigenvalue weighted by molar-refractivity contribution is 5.92. The molecular formula is C24H28N6O2. The van der Waals surface area contributed by atoms with Crippen LogP contribution in [0.15, 0.2) is 61.1 Å². The van der Waals surface area contributed by atoms with Crippen LogP contribution in [-0.2, 0) is 0 Å². The molecule has 2 saturated heterocycles. The Morgan fingerprint density at radius 2 is 1.62 bits per heavy atom. The first-order valence-electron chi connectivity index (χ1n) is 11.3. The second kappa shape index (κ2) is 9.48. The molecule has 0 unspecified atom stereocenters. The van der Waals surface area contributed by atoms with Gasteiger partial charge >= 0.3 is 0 Å². The lowest BCUT2D eigenvalue weighted by molar-refractivity contribution is 0.0422. The number of likely N-dealkylation sites (tertiary alicyclic amines) is 2. The second-order valence-corrected chi connectivity index (χ2v) is 8.41. The van der Waals surface area contributed by atoms with Gasteiger partial charge in [0.25, 0.3) is 5.91 Å². The zero-order valence-corrected chi connectivity index (χ0v) is 18.1. The van der Waals surface area contributed by atoms with Gasteiger partial charge in [0, 0.05) is 44.6 Å². The number of nitrogens with zero attached hydrogens (tertiary/aromatic N) is 6. The highest BCUT2D eigenvalue weighted by atomic mass is 16.5. The highest BCUT2D eigenvalue weighted by Crippen LogP contribution is 2.24. The predicted octanol–water partition coefficient (Wildman–Crippen LogP) is 2.81. The Bertz CT molecular complexity index is 1010. The van der Waals surface area contributed by atoms with Gasteiger partial charge in [0.2, 0.25) is 0 Å². The molecule has 2 aromatic heterocycles. The Hall–Kier alpha value is -3.26. The topological polar surface area (TPSA) is 76.4 Å². The summed E-state index contributed by atoms with van der Waals surface area (Å²) in [6.07, 6.45) is 9.41. The first-order valence-corrected chi connectivity index (χ1v) is 11.3. The fourth-order valence-corrected chi connectivity index (χ4v) is 4.61. The monoisotopic (exact) mass is 432 g/mol. The molecule has 0 saturated carbocycles. The van der Waals surface area contributed by atoms with Crippen LogP contribution in [-0.4, -0.2) is 74.0 Å². The van der Waals surface area contributed by atoms with E-state index in [4.69, 9.17) is 4.74 Å². The summed E-state index contributed by atoms with van der Waals surface area (Å²) in [5.74, 6) is 0.865. The van der Waals surface area contributed by atoms with E-state index in [0.29, 0.717) is 11.7 Å². The molecule has 8 nitrogen and oxygen atoms in total. The predicted molar refractivity (Wildman–Crippen MR) is 120 cm³/mol. The van der Waals surface area contributed by atoms with Crippen molar-refractivity contribution in [1.29, 1.82) is 0 Å². The van der Waals surface area contributed by atoms with E-state index < -0.39 is 0 Å². The SMILES string of the molecule is O=C(c1cnn(-c2ccccc2)n1)N1CCC(N2CCC(Oc3ccncc3)CC2)CC1. The molecule has 0 spiro atoms. The fraction of sp³-hybridized carbons (Fsp3) is 0.417. The van der Waals surface area contributed by atoms with Crippen LogP contribution in [0.5, 0.6) is 5.75 Å². The minimum absolute atomic E-state index is 0.0323. The van der Waals surface area contributed by atoms with Gasteiger partial charge in [0.15, 0.2) is 5.69 Å². The number of aromatic nitrogens is 4. The lowest BCUT2D eigenvalue weighted by Crippen LogP contribution is -2.50. The highest BCUT2D eigenvalue weighted by Gasteiger charge is 2.31. The van der Waals surface area contributed by atoms with Crippen molar-refractivity contribution in [2.45, 2.75) is 37.8 Å². The number of ether oxygens (including phenoxy) is 1. The Balaban J connectivity index is 1.10. The standard InChI is InChI=1S/C24H28N6O2/c31-24(23-18-26-30(27-23)20-4-2-1-3-5-20)29-14-8-19(9-15-29)28-16-10-22(11-17-28)32-21-6-12-25-13-7-21/h1-7,12-13,18-19,22H,8-11,14-17H2. The summed E-state index contributed by atoms with van der Waals surface area (Å²) in [7, 11) is 0. The van der Waals surface area contributed by atoms with E-state index in [0.717, 1.165) is 63.3 Å². The summed E-state index contributed by atoms with van der Waals surface area (Å²) in [6.45, 7) is 3.60. The van der Waals surface area contributed by atoms with Crippen LogP contribution in [0, 0.1) is 0 Å². The largest absolute Gasteiger partial charge is 0.490 e. The van der Waals surface area contributed by atoms with Gasteiger partial charge in [-0.2, -0.15) is 9.90 Å². The number of carbonyl (C=O) groups excluding carboxylic acids is 1. The van der Waals surface area contributed by atoms with Crippen LogP contribution < -0.4 is 4.74 Å². The van der Waals surface area contributed by atoms with Crippen molar-refractivity contribution < 1.29 is 9.53 Å². The number of benzene rings is 1. The summed E-state index contributed by atoms with van der Waals surface area (Å²) in [5, 5.41) is 8.66. The van der Waals surface area contributed by atoms with E-state index in [1.54, 1.807) is 18.6 Å². The quantitative estimate of drug-likeness (QED) is 0.617. The van der Waals surface area contributed by atoms with Crippen molar-refractivity contribution in [1.82, 2.24) is 29.8 Å². The first kappa shape index (κ1) is 20.6.